The highest BCUT2D eigenvalue weighted by atomic mass is 16.6. The van der Waals surface area contributed by atoms with Crippen LogP contribution in [0.15, 0.2) is 109 Å². The standard InChI is InChI=1S/C53H84O6/c1-4-7-10-13-16-19-22-23-24-25-26-27-28-29-32-34-37-40-43-46-52(55)58-49-50(59-53(56)47-44-41-38-35-31-21-18-15-12-9-6-3)48-57-51(54)45-42-39-36-33-30-20-17-14-11-8-5-2/h7,10,13,15-16,18-19,21-29,31-32,50H,4-6,8-9,11-12,14,17,20,30,33-49H2,1-3H3/b10-7-,16-13-,18-15-,22-19-,24-23-,26-25+,28-27-,31-21-,32-29-. The predicted octanol–water partition coefficient (Wildman–Crippen LogP) is 15.2. The van der Waals surface area contributed by atoms with Gasteiger partial charge in [0.15, 0.2) is 6.10 Å². The minimum atomic E-state index is -0.809. The van der Waals surface area contributed by atoms with Crippen molar-refractivity contribution in [2.75, 3.05) is 13.2 Å². The van der Waals surface area contributed by atoms with Gasteiger partial charge in [-0.1, -0.05) is 220 Å². The number of esters is 3. The summed E-state index contributed by atoms with van der Waals surface area (Å²) in [6.07, 6.45) is 62.1. The Kier molecular flexibility index (Phi) is 43.6. The van der Waals surface area contributed by atoms with Crippen molar-refractivity contribution in [2.45, 2.75) is 194 Å². The summed E-state index contributed by atoms with van der Waals surface area (Å²) in [6, 6.07) is 0. The maximum absolute atomic E-state index is 12.7. The Labute approximate surface area is 361 Å². The van der Waals surface area contributed by atoms with E-state index in [1.54, 1.807) is 0 Å². The van der Waals surface area contributed by atoms with Gasteiger partial charge in [-0.05, 0) is 57.8 Å². The molecule has 0 heterocycles. The van der Waals surface area contributed by atoms with E-state index < -0.39 is 6.10 Å². The summed E-state index contributed by atoms with van der Waals surface area (Å²) in [5.41, 5.74) is 0. The topological polar surface area (TPSA) is 78.9 Å². The molecule has 0 aromatic carbocycles. The van der Waals surface area contributed by atoms with Crippen molar-refractivity contribution in [3.63, 3.8) is 0 Å². The second kappa shape index (κ2) is 46.8. The highest BCUT2D eigenvalue weighted by Gasteiger charge is 2.19. The van der Waals surface area contributed by atoms with Gasteiger partial charge in [0.05, 0.1) is 0 Å². The molecule has 0 aliphatic rings. The summed E-state index contributed by atoms with van der Waals surface area (Å²) >= 11 is 0. The lowest BCUT2D eigenvalue weighted by molar-refractivity contribution is -0.167. The van der Waals surface area contributed by atoms with Gasteiger partial charge in [0.2, 0.25) is 0 Å². The van der Waals surface area contributed by atoms with Crippen molar-refractivity contribution in [3.8, 4) is 0 Å². The summed E-state index contributed by atoms with van der Waals surface area (Å²) < 4.78 is 16.6. The third-order valence-electron chi connectivity index (χ3n) is 9.48. The Morgan fingerprint density at radius 2 is 0.678 bits per heavy atom. The average Bonchev–Trinajstić information content (AvgIpc) is 3.23. The van der Waals surface area contributed by atoms with E-state index in [0.717, 1.165) is 83.5 Å². The molecule has 332 valence electrons. The summed E-state index contributed by atoms with van der Waals surface area (Å²) in [4.78, 5) is 37.8. The van der Waals surface area contributed by atoms with E-state index in [2.05, 4.69) is 57.2 Å². The van der Waals surface area contributed by atoms with E-state index in [0.29, 0.717) is 12.8 Å². The molecule has 6 heteroatoms. The molecule has 0 rings (SSSR count). The van der Waals surface area contributed by atoms with Gasteiger partial charge in [0, 0.05) is 19.3 Å². The van der Waals surface area contributed by atoms with Gasteiger partial charge >= 0.3 is 17.9 Å². The molecule has 0 aliphatic heterocycles. The molecule has 0 amide bonds. The fraction of sp³-hybridized carbons (Fsp3) is 0.604. The number of hydrogen-bond donors (Lipinski definition) is 0. The minimum Gasteiger partial charge on any atom is -0.462 e. The highest BCUT2D eigenvalue weighted by molar-refractivity contribution is 5.71. The number of allylic oxidation sites excluding steroid dienone is 18. The van der Waals surface area contributed by atoms with Crippen LogP contribution < -0.4 is 0 Å². The second-order valence-electron chi connectivity index (χ2n) is 15.1. The van der Waals surface area contributed by atoms with E-state index in [9.17, 15) is 14.4 Å². The number of carbonyl (C=O) groups is 3. The number of carbonyl (C=O) groups excluding carboxylic acids is 3. The molecule has 0 aromatic rings. The van der Waals surface area contributed by atoms with Gasteiger partial charge in [-0.15, -0.1) is 0 Å². The Balaban J connectivity index is 4.51. The van der Waals surface area contributed by atoms with Crippen LogP contribution in [-0.2, 0) is 28.6 Å². The molecular formula is C53H84O6. The Hall–Kier alpha value is -3.93. The first kappa shape index (κ1) is 55.1. The van der Waals surface area contributed by atoms with Crippen LogP contribution in [-0.4, -0.2) is 37.2 Å². The molecule has 0 bridgehead atoms. The van der Waals surface area contributed by atoms with Crippen LogP contribution in [0.1, 0.15) is 188 Å². The number of ether oxygens (including phenoxy) is 3. The molecule has 1 unspecified atom stereocenters. The van der Waals surface area contributed by atoms with Crippen LogP contribution in [0.2, 0.25) is 0 Å². The SMILES string of the molecule is CC\C=C/C=C\C=C/C=C\C=C\C=C/C=C\CCCCCC(=O)OCC(COC(=O)CCCCCCCCCCCCC)OC(=O)CCCCC/C=C\C=C/CCCC. The maximum Gasteiger partial charge on any atom is 0.306 e. The Morgan fingerprint density at radius 1 is 0.356 bits per heavy atom. The fourth-order valence-corrected chi connectivity index (χ4v) is 5.93. The zero-order chi connectivity index (χ0) is 43.0. The van der Waals surface area contributed by atoms with Gasteiger partial charge in [0.1, 0.15) is 13.2 Å². The third-order valence-corrected chi connectivity index (χ3v) is 9.48. The first-order valence-corrected chi connectivity index (χ1v) is 23.5. The molecule has 0 fully saturated rings. The number of hydrogen-bond acceptors (Lipinski definition) is 6. The lowest BCUT2D eigenvalue weighted by atomic mass is 10.1. The zero-order valence-corrected chi connectivity index (χ0v) is 37.7. The smallest absolute Gasteiger partial charge is 0.306 e. The Morgan fingerprint density at radius 3 is 1.10 bits per heavy atom. The minimum absolute atomic E-state index is 0.105. The average molecular weight is 817 g/mol. The Bertz CT molecular complexity index is 1260. The first-order chi connectivity index (χ1) is 29.0. The van der Waals surface area contributed by atoms with Gasteiger partial charge in [0.25, 0.3) is 0 Å². The monoisotopic (exact) mass is 817 g/mol. The fourth-order valence-electron chi connectivity index (χ4n) is 5.93. The van der Waals surface area contributed by atoms with Gasteiger partial charge in [-0.25, -0.2) is 0 Å². The molecule has 0 saturated carbocycles. The number of unbranched alkanes of at least 4 members (excludes halogenated alkanes) is 18. The van der Waals surface area contributed by atoms with Crippen LogP contribution >= 0.6 is 0 Å². The summed E-state index contributed by atoms with van der Waals surface area (Å²) in [5, 5.41) is 0. The largest absolute Gasteiger partial charge is 0.462 e. The van der Waals surface area contributed by atoms with Crippen molar-refractivity contribution in [1.29, 1.82) is 0 Å². The third kappa shape index (κ3) is 45.0. The zero-order valence-electron chi connectivity index (χ0n) is 37.7. The lowest BCUT2D eigenvalue weighted by Crippen LogP contribution is -2.30. The van der Waals surface area contributed by atoms with E-state index in [1.807, 2.05) is 72.9 Å². The van der Waals surface area contributed by atoms with Crippen molar-refractivity contribution in [1.82, 2.24) is 0 Å². The van der Waals surface area contributed by atoms with Crippen LogP contribution in [0, 0.1) is 0 Å². The van der Waals surface area contributed by atoms with Gasteiger partial charge in [-0.3, -0.25) is 14.4 Å². The van der Waals surface area contributed by atoms with Gasteiger partial charge in [-0.2, -0.15) is 0 Å². The van der Waals surface area contributed by atoms with Crippen molar-refractivity contribution < 1.29 is 28.6 Å². The van der Waals surface area contributed by atoms with Crippen molar-refractivity contribution in [3.05, 3.63) is 109 Å². The van der Waals surface area contributed by atoms with E-state index in [-0.39, 0.29) is 37.5 Å². The molecule has 0 aromatic heterocycles. The predicted molar refractivity (Wildman–Crippen MR) is 251 cm³/mol. The van der Waals surface area contributed by atoms with E-state index in [4.69, 9.17) is 14.2 Å². The molecule has 6 nitrogen and oxygen atoms in total. The highest BCUT2D eigenvalue weighted by Crippen LogP contribution is 2.13. The molecule has 0 aliphatic carbocycles. The van der Waals surface area contributed by atoms with Crippen LogP contribution in [0.5, 0.6) is 0 Å². The van der Waals surface area contributed by atoms with Crippen molar-refractivity contribution in [2.24, 2.45) is 0 Å². The molecule has 0 radical (unpaired) electrons. The summed E-state index contributed by atoms with van der Waals surface area (Å²) in [6.45, 7) is 6.34. The molecule has 0 N–H and O–H groups in total. The lowest BCUT2D eigenvalue weighted by Gasteiger charge is -2.18. The normalized spacial score (nSPS) is 13.1. The summed E-state index contributed by atoms with van der Waals surface area (Å²) in [5.74, 6) is -0.991. The van der Waals surface area contributed by atoms with Crippen LogP contribution in [0.3, 0.4) is 0 Å². The van der Waals surface area contributed by atoms with E-state index >= 15 is 0 Å². The first-order valence-electron chi connectivity index (χ1n) is 23.5. The quantitative estimate of drug-likeness (QED) is 0.0265. The molecule has 0 spiro atoms. The summed E-state index contributed by atoms with van der Waals surface area (Å²) in [7, 11) is 0. The molecule has 1 atom stereocenters. The number of rotatable bonds is 40. The maximum atomic E-state index is 12.7. The molecule has 59 heavy (non-hydrogen) atoms. The van der Waals surface area contributed by atoms with E-state index in [1.165, 1.54) is 64.2 Å². The molecular weight excluding hydrogens is 733 g/mol. The van der Waals surface area contributed by atoms with Crippen LogP contribution in [0.4, 0.5) is 0 Å². The van der Waals surface area contributed by atoms with Gasteiger partial charge < -0.3 is 14.2 Å². The van der Waals surface area contributed by atoms with Crippen LogP contribution in [0.25, 0.3) is 0 Å². The van der Waals surface area contributed by atoms with Crippen molar-refractivity contribution >= 4 is 17.9 Å². The second-order valence-corrected chi connectivity index (χ2v) is 15.1. The molecule has 0 saturated heterocycles.